The Morgan fingerprint density at radius 3 is 2.78 bits per heavy atom. The lowest BCUT2D eigenvalue weighted by atomic mass is 10.5. The fourth-order valence-corrected chi connectivity index (χ4v) is 0.903. The molecule has 0 aliphatic heterocycles. The van der Waals surface area contributed by atoms with Crippen LogP contribution < -0.4 is 3.07 Å². The van der Waals surface area contributed by atoms with Gasteiger partial charge in [0.2, 0.25) is 5.88 Å². The van der Waals surface area contributed by atoms with Gasteiger partial charge in [-0.3, -0.25) is 0 Å². The maximum atomic E-state index is 4.81. The summed E-state index contributed by atoms with van der Waals surface area (Å²) in [4.78, 5) is 3.92. The second-order valence-corrected chi connectivity index (χ2v) is 2.75. The molecule has 0 amide bonds. The quantitative estimate of drug-likeness (QED) is 0.744. The van der Waals surface area contributed by atoms with E-state index in [4.69, 9.17) is 3.07 Å². The van der Waals surface area contributed by atoms with Crippen LogP contribution in [-0.4, -0.2) is 4.98 Å². The van der Waals surface area contributed by atoms with Crippen LogP contribution in [0, 0.1) is 0 Å². The van der Waals surface area contributed by atoms with Crippen LogP contribution in [0.2, 0.25) is 0 Å². The molecule has 0 bridgehead atoms. The highest BCUT2D eigenvalue weighted by Gasteiger charge is 1.89. The van der Waals surface area contributed by atoms with Gasteiger partial charge in [0.15, 0.2) is 23.0 Å². The minimum atomic E-state index is 0.624. The molecule has 0 radical (unpaired) electrons. The average Bonchev–Trinajstić information content (AvgIpc) is 1.90. The standard InChI is InChI=1S/C5H3BrINO/c6-4-1-2-5(9-7)8-3-4/h1-3H. The predicted molar refractivity (Wildman–Crippen MR) is 46.6 cm³/mol. The van der Waals surface area contributed by atoms with Crippen molar-refractivity contribution >= 4 is 38.9 Å². The predicted octanol–water partition coefficient (Wildman–Crippen LogP) is 2.57. The van der Waals surface area contributed by atoms with Gasteiger partial charge in [0.1, 0.15) is 0 Å². The molecule has 9 heavy (non-hydrogen) atoms. The molecular weight excluding hydrogens is 297 g/mol. The molecule has 0 spiro atoms. The van der Waals surface area contributed by atoms with Crippen molar-refractivity contribution in [2.24, 2.45) is 0 Å². The van der Waals surface area contributed by atoms with Crippen molar-refractivity contribution in [3.63, 3.8) is 0 Å². The Kier molecular flexibility index (Phi) is 2.71. The Morgan fingerprint density at radius 2 is 2.33 bits per heavy atom. The average molecular weight is 300 g/mol. The molecule has 0 aliphatic carbocycles. The molecule has 0 saturated heterocycles. The summed E-state index contributed by atoms with van der Waals surface area (Å²) in [5, 5.41) is 0. The second kappa shape index (κ2) is 3.36. The third-order valence-electron chi connectivity index (χ3n) is 0.779. The molecule has 48 valence electrons. The van der Waals surface area contributed by atoms with E-state index < -0.39 is 0 Å². The largest absolute Gasteiger partial charge is 0.408 e. The van der Waals surface area contributed by atoms with E-state index in [1.165, 1.54) is 0 Å². The summed E-state index contributed by atoms with van der Waals surface area (Å²) in [5.41, 5.74) is 0. The van der Waals surface area contributed by atoms with Gasteiger partial charge < -0.3 is 3.07 Å². The number of halogens is 2. The summed E-state index contributed by atoms with van der Waals surface area (Å²) >= 11 is 5.04. The molecule has 1 aromatic rings. The highest BCUT2D eigenvalue weighted by atomic mass is 127. The SMILES string of the molecule is Brc1ccc(OI)nc1. The van der Waals surface area contributed by atoms with E-state index in [0.717, 1.165) is 4.47 Å². The van der Waals surface area contributed by atoms with Crippen molar-refractivity contribution in [3.8, 4) is 5.88 Å². The van der Waals surface area contributed by atoms with Gasteiger partial charge in [0.05, 0.1) is 0 Å². The van der Waals surface area contributed by atoms with Crippen LogP contribution in [0.15, 0.2) is 22.8 Å². The molecule has 0 aromatic carbocycles. The van der Waals surface area contributed by atoms with Crippen molar-refractivity contribution in [2.45, 2.75) is 0 Å². The number of rotatable bonds is 1. The Balaban J connectivity index is 2.88. The maximum absolute atomic E-state index is 4.81. The van der Waals surface area contributed by atoms with E-state index >= 15 is 0 Å². The maximum Gasteiger partial charge on any atom is 0.224 e. The van der Waals surface area contributed by atoms with Gasteiger partial charge in [-0.2, -0.15) is 0 Å². The summed E-state index contributed by atoms with van der Waals surface area (Å²) in [6.07, 6.45) is 1.69. The Morgan fingerprint density at radius 1 is 1.56 bits per heavy atom. The van der Waals surface area contributed by atoms with Gasteiger partial charge in [-0.25, -0.2) is 4.98 Å². The number of hydrogen-bond acceptors (Lipinski definition) is 2. The highest BCUT2D eigenvalue weighted by molar-refractivity contribution is 14.1. The molecule has 0 atom stereocenters. The monoisotopic (exact) mass is 299 g/mol. The van der Waals surface area contributed by atoms with Gasteiger partial charge in [0.25, 0.3) is 0 Å². The summed E-state index contributed by atoms with van der Waals surface area (Å²) in [6, 6.07) is 3.66. The van der Waals surface area contributed by atoms with Gasteiger partial charge in [-0.05, 0) is 22.0 Å². The summed E-state index contributed by atoms with van der Waals surface area (Å²) in [7, 11) is 0. The lowest BCUT2D eigenvalue weighted by Crippen LogP contribution is -1.77. The summed E-state index contributed by atoms with van der Waals surface area (Å²) in [6.45, 7) is 0. The molecule has 4 heteroatoms. The minimum Gasteiger partial charge on any atom is -0.408 e. The van der Waals surface area contributed by atoms with Gasteiger partial charge in [0, 0.05) is 16.7 Å². The van der Waals surface area contributed by atoms with Gasteiger partial charge in [-0.15, -0.1) is 0 Å². The topological polar surface area (TPSA) is 22.1 Å². The number of hydrogen-bond donors (Lipinski definition) is 0. The van der Waals surface area contributed by atoms with E-state index in [-0.39, 0.29) is 0 Å². The Labute approximate surface area is 75.4 Å². The van der Waals surface area contributed by atoms with Gasteiger partial charge >= 0.3 is 0 Å². The number of nitrogens with zero attached hydrogens (tertiary/aromatic N) is 1. The fraction of sp³-hybridized carbons (Fsp3) is 0. The van der Waals surface area contributed by atoms with E-state index in [1.54, 1.807) is 35.3 Å². The molecule has 0 saturated carbocycles. The van der Waals surface area contributed by atoms with Crippen LogP contribution in [0.4, 0.5) is 0 Å². The number of aromatic nitrogens is 1. The molecule has 0 N–H and O–H groups in total. The molecular formula is C5H3BrINO. The molecule has 0 fully saturated rings. The van der Waals surface area contributed by atoms with Crippen LogP contribution >= 0.6 is 38.9 Å². The molecule has 0 aliphatic rings. The van der Waals surface area contributed by atoms with Crippen LogP contribution in [0.25, 0.3) is 0 Å². The zero-order valence-corrected chi connectivity index (χ0v) is 8.09. The minimum absolute atomic E-state index is 0.624. The van der Waals surface area contributed by atoms with E-state index in [2.05, 4.69) is 20.9 Å². The zero-order valence-electron chi connectivity index (χ0n) is 4.34. The first kappa shape index (κ1) is 7.27. The first-order chi connectivity index (χ1) is 4.33. The molecule has 0 unspecified atom stereocenters. The molecule has 1 rings (SSSR count). The second-order valence-electron chi connectivity index (χ2n) is 1.39. The molecule has 1 aromatic heterocycles. The third-order valence-corrected chi connectivity index (χ3v) is 1.70. The van der Waals surface area contributed by atoms with E-state index in [0.29, 0.717) is 5.88 Å². The zero-order chi connectivity index (χ0) is 6.69. The van der Waals surface area contributed by atoms with Crippen molar-refractivity contribution in [2.75, 3.05) is 0 Å². The molecule has 2 nitrogen and oxygen atoms in total. The van der Waals surface area contributed by atoms with Crippen LogP contribution in [0.1, 0.15) is 0 Å². The first-order valence-corrected chi connectivity index (χ1v) is 3.90. The Bertz CT molecular complexity index is 189. The first-order valence-electron chi connectivity index (χ1n) is 2.23. The van der Waals surface area contributed by atoms with Crippen LogP contribution in [0.5, 0.6) is 5.88 Å². The van der Waals surface area contributed by atoms with Crippen LogP contribution in [-0.2, 0) is 0 Å². The van der Waals surface area contributed by atoms with Crippen molar-refractivity contribution in [1.29, 1.82) is 0 Å². The summed E-state index contributed by atoms with van der Waals surface area (Å²) in [5.74, 6) is 0.624. The van der Waals surface area contributed by atoms with Crippen molar-refractivity contribution < 1.29 is 3.07 Å². The van der Waals surface area contributed by atoms with Crippen molar-refractivity contribution in [1.82, 2.24) is 4.98 Å². The van der Waals surface area contributed by atoms with Gasteiger partial charge in [-0.1, -0.05) is 0 Å². The summed E-state index contributed by atoms with van der Waals surface area (Å²) < 4.78 is 5.77. The normalized spacial score (nSPS) is 9.11. The molecule has 1 heterocycles. The third kappa shape index (κ3) is 2.09. The van der Waals surface area contributed by atoms with E-state index in [9.17, 15) is 0 Å². The highest BCUT2D eigenvalue weighted by Crippen LogP contribution is 2.13. The van der Waals surface area contributed by atoms with Crippen LogP contribution in [0.3, 0.4) is 0 Å². The number of pyridine rings is 1. The van der Waals surface area contributed by atoms with E-state index in [1.807, 2.05) is 6.07 Å². The Hall–Kier alpha value is 0.160. The van der Waals surface area contributed by atoms with Crippen molar-refractivity contribution in [3.05, 3.63) is 22.8 Å². The fourth-order valence-electron chi connectivity index (χ4n) is 0.408. The lowest BCUT2D eigenvalue weighted by molar-refractivity contribution is 0.680. The smallest absolute Gasteiger partial charge is 0.224 e. The lowest BCUT2D eigenvalue weighted by Gasteiger charge is -1.92.